The van der Waals surface area contributed by atoms with Crippen LogP contribution in [-0.2, 0) is 9.47 Å². The van der Waals surface area contributed by atoms with Crippen LogP contribution in [0.2, 0.25) is 0 Å². The predicted octanol–water partition coefficient (Wildman–Crippen LogP) is 2.30. The molecule has 0 heterocycles. The Hall–Kier alpha value is -0.690. The summed E-state index contributed by atoms with van der Waals surface area (Å²) < 4.78 is 9.16. The Kier molecular flexibility index (Phi) is 8.90. The molecule has 0 spiro atoms. The average Bonchev–Trinajstić information content (AvgIpc) is 2.11. The zero-order chi connectivity index (χ0) is 9.94. The Labute approximate surface area is 91.6 Å². The Bertz CT molecular complexity index is 197. The molecule has 0 aromatic rings. The summed E-state index contributed by atoms with van der Waals surface area (Å²) in [6.45, 7) is 0.488. The second kappa shape index (κ2) is 9.40. The molecule has 0 saturated heterocycles. The standard InChI is InChI=1S/C8H11IN2O2/c9-8(13-7-11)4-2-1-3-5-12-6-10/h8H,1-5H2. The Morgan fingerprint density at radius 2 is 1.92 bits per heavy atom. The van der Waals surface area contributed by atoms with Crippen LogP contribution in [0.3, 0.4) is 0 Å². The van der Waals surface area contributed by atoms with E-state index in [9.17, 15) is 0 Å². The van der Waals surface area contributed by atoms with Crippen LogP contribution < -0.4 is 0 Å². The van der Waals surface area contributed by atoms with Crippen LogP contribution >= 0.6 is 22.6 Å². The summed E-state index contributed by atoms with van der Waals surface area (Å²) in [7, 11) is 0. The lowest BCUT2D eigenvalue weighted by Crippen LogP contribution is -1.99. The molecule has 0 aliphatic carbocycles. The van der Waals surface area contributed by atoms with Gasteiger partial charge in [-0.05, 0) is 48.3 Å². The number of nitrogens with zero attached hydrogens (tertiary/aromatic N) is 2. The molecule has 0 amide bonds. The Morgan fingerprint density at radius 3 is 2.54 bits per heavy atom. The van der Waals surface area contributed by atoms with Crippen LogP contribution in [-0.4, -0.2) is 10.7 Å². The van der Waals surface area contributed by atoms with Crippen molar-refractivity contribution in [2.24, 2.45) is 0 Å². The summed E-state index contributed by atoms with van der Waals surface area (Å²) >= 11 is 2.08. The van der Waals surface area contributed by atoms with E-state index in [4.69, 9.17) is 10.5 Å². The van der Waals surface area contributed by atoms with Crippen molar-refractivity contribution in [1.82, 2.24) is 0 Å². The van der Waals surface area contributed by atoms with Gasteiger partial charge in [0.05, 0.1) is 0 Å². The van der Waals surface area contributed by atoms with Gasteiger partial charge in [-0.15, -0.1) is 0 Å². The molecule has 0 bridgehead atoms. The van der Waals surface area contributed by atoms with E-state index in [0.717, 1.165) is 25.7 Å². The third kappa shape index (κ3) is 9.22. The molecule has 1 unspecified atom stereocenters. The lowest BCUT2D eigenvalue weighted by molar-refractivity contribution is 0.234. The lowest BCUT2D eigenvalue weighted by atomic mass is 10.2. The third-order valence-electron chi connectivity index (χ3n) is 1.42. The van der Waals surface area contributed by atoms with Crippen molar-refractivity contribution >= 4 is 22.6 Å². The SMILES string of the molecule is N#COCCCCCC(I)OC#N. The second-order valence-corrected chi connectivity index (χ2v) is 3.80. The highest BCUT2D eigenvalue weighted by atomic mass is 127. The lowest BCUT2D eigenvalue weighted by Gasteiger charge is -2.04. The van der Waals surface area contributed by atoms with Crippen LogP contribution in [0.25, 0.3) is 0 Å². The van der Waals surface area contributed by atoms with E-state index in [2.05, 4.69) is 32.1 Å². The van der Waals surface area contributed by atoms with Gasteiger partial charge in [0, 0.05) is 0 Å². The summed E-state index contributed by atoms with van der Waals surface area (Å²) in [6.07, 6.45) is 7.00. The molecule has 0 fully saturated rings. The minimum absolute atomic E-state index is 0.0283. The summed E-state index contributed by atoms with van der Waals surface area (Å²) in [5.41, 5.74) is 0. The van der Waals surface area contributed by atoms with Crippen LogP contribution in [0.1, 0.15) is 25.7 Å². The normalized spacial score (nSPS) is 11.0. The van der Waals surface area contributed by atoms with Crippen LogP contribution in [0.15, 0.2) is 0 Å². The number of alkyl halides is 1. The fourth-order valence-electron chi connectivity index (χ4n) is 0.818. The van der Waals surface area contributed by atoms with Gasteiger partial charge in [0.15, 0.2) is 4.11 Å². The molecule has 4 nitrogen and oxygen atoms in total. The third-order valence-corrected chi connectivity index (χ3v) is 2.30. The molecule has 1 atom stereocenters. The molecule has 13 heavy (non-hydrogen) atoms. The number of hydrogen-bond acceptors (Lipinski definition) is 4. The largest absolute Gasteiger partial charge is 0.428 e. The highest BCUT2D eigenvalue weighted by molar-refractivity contribution is 14.1. The first-order chi connectivity index (χ1) is 6.31. The molecule has 0 aliphatic rings. The molecular weight excluding hydrogens is 283 g/mol. The quantitative estimate of drug-likeness (QED) is 0.313. The molecule has 0 N–H and O–H groups in total. The maximum Gasteiger partial charge on any atom is 0.287 e. The molecule has 72 valence electrons. The van der Waals surface area contributed by atoms with Crippen molar-refractivity contribution in [1.29, 1.82) is 10.5 Å². The summed E-state index contributed by atoms with van der Waals surface area (Å²) in [6, 6.07) is 0. The van der Waals surface area contributed by atoms with Gasteiger partial charge in [0.2, 0.25) is 0 Å². The topological polar surface area (TPSA) is 66.0 Å². The van der Waals surface area contributed by atoms with Gasteiger partial charge in [-0.3, -0.25) is 0 Å². The van der Waals surface area contributed by atoms with E-state index < -0.39 is 0 Å². The van der Waals surface area contributed by atoms with E-state index >= 15 is 0 Å². The minimum Gasteiger partial charge on any atom is -0.428 e. The van der Waals surface area contributed by atoms with Crippen molar-refractivity contribution in [3.8, 4) is 12.5 Å². The van der Waals surface area contributed by atoms with Gasteiger partial charge in [0.25, 0.3) is 12.5 Å². The van der Waals surface area contributed by atoms with Crippen LogP contribution in [0, 0.1) is 23.0 Å². The van der Waals surface area contributed by atoms with Gasteiger partial charge in [0.1, 0.15) is 6.61 Å². The number of halogens is 1. The summed E-state index contributed by atoms with van der Waals surface area (Å²) in [4.78, 5) is 0. The maximum absolute atomic E-state index is 8.18. The van der Waals surface area contributed by atoms with Crippen molar-refractivity contribution in [2.75, 3.05) is 6.61 Å². The first kappa shape index (κ1) is 12.3. The Morgan fingerprint density at radius 1 is 1.15 bits per heavy atom. The van der Waals surface area contributed by atoms with Crippen molar-refractivity contribution in [2.45, 2.75) is 29.8 Å². The number of rotatable bonds is 7. The molecule has 0 aromatic heterocycles. The summed E-state index contributed by atoms with van der Waals surface area (Å²) in [5, 5.41) is 16.2. The molecule has 0 aromatic carbocycles. The zero-order valence-electron chi connectivity index (χ0n) is 7.20. The van der Waals surface area contributed by atoms with Crippen molar-refractivity contribution < 1.29 is 9.47 Å². The molecule has 0 radical (unpaired) electrons. The van der Waals surface area contributed by atoms with Crippen molar-refractivity contribution in [3.05, 3.63) is 0 Å². The van der Waals surface area contributed by atoms with Crippen molar-refractivity contribution in [3.63, 3.8) is 0 Å². The second-order valence-electron chi connectivity index (χ2n) is 2.41. The fourth-order valence-corrected chi connectivity index (χ4v) is 1.37. The maximum atomic E-state index is 8.18. The van der Waals surface area contributed by atoms with E-state index in [1.165, 1.54) is 0 Å². The number of hydrogen-bond donors (Lipinski definition) is 0. The Balaban J connectivity index is 3.08. The first-order valence-corrected chi connectivity index (χ1v) is 5.25. The van der Waals surface area contributed by atoms with E-state index in [0.29, 0.717) is 6.61 Å². The number of ether oxygens (including phenoxy) is 2. The molecular formula is C8H11IN2O2. The highest BCUT2D eigenvalue weighted by Crippen LogP contribution is 2.12. The predicted molar refractivity (Wildman–Crippen MR) is 54.5 cm³/mol. The smallest absolute Gasteiger partial charge is 0.287 e. The zero-order valence-corrected chi connectivity index (χ0v) is 9.36. The summed E-state index contributed by atoms with van der Waals surface area (Å²) in [5.74, 6) is 0. The van der Waals surface area contributed by atoms with Crippen LogP contribution in [0.4, 0.5) is 0 Å². The van der Waals surface area contributed by atoms with E-state index in [-0.39, 0.29) is 4.11 Å². The first-order valence-electron chi connectivity index (χ1n) is 4.01. The molecule has 0 rings (SSSR count). The van der Waals surface area contributed by atoms with Gasteiger partial charge < -0.3 is 9.47 Å². The fraction of sp³-hybridized carbons (Fsp3) is 0.750. The van der Waals surface area contributed by atoms with Gasteiger partial charge in [-0.25, -0.2) is 0 Å². The highest BCUT2D eigenvalue weighted by Gasteiger charge is 2.02. The molecule has 0 saturated carbocycles. The van der Waals surface area contributed by atoms with Gasteiger partial charge in [-0.1, -0.05) is 0 Å². The number of nitriles is 2. The van der Waals surface area contributed by atoms with Gasteiger partial charge >= 0.3 is 0 Å². The monoisotopic (exact) mass is 294 g/mol. The van der Waals surface area contributed by atoms with E-state index in [1.807, 2.05) is 0 Å². The molecule has 0 aliphatic heterocycles. The minimum atomic E-state index is -0.0283. The van der Waals surface area contributed by atoms with Crippen LogP contribution in [0.5, 0.6) is 0 Å². The van der Waals surface area contributed by atoms with E-state index in [1.54, 1.807) is 12.5 Å². The molecule has 5 heteroatoms. The average molecular weight is 294 g/mol. The van der Waals surface area contributed by atoms with Gasteiger partial charge in [-0.2, -0.15) is 10.5 Å². The number of unbranched alkanes of at least 4 members (excludes halogenated alkanes) is 2.